The quantitative estimate of drug-likeness (QED) is 0.710. The highest BCUT2D eigenvalue weighted by Crippen LogP contribution is 2.37. The van der Waals surface area contributed by atoms with Crippen LogP contribution >= 0.6 is 15.9 Å². The highest BCUT2D eigenvalue weighted by molar-refractivity contribution is 9.09. The number of hydrogen-bond acceptors (Lipinski definition) is 0. The molecule has 0 aliphatic rings. The third-order valence-corrected chi connectivity index (χ3v) is 3.06. The van der Waals surface area contributed by atoms with Gasteiger partial charge in [0.1, 0.15) is 5.82 Å². The molecule has 0 N–H and O–H groups in total. The van der Waals surface area contributed by atoms with E-state index >= 15 is 0 Å². The van der Waals surface area contributed by atoms with Crippen LogP contribution in [-0.4, -0.2) is 0 Å². The zero-order chi connectivity index (χ0) is 13.2. The Bertz CT molecular complexity index is 529. The fraction of sp³-hybridized carbons (Fsp3) is 0.143. The second-order valence-electron chi connectivity index (χ2n) is 3.96. The molecule has 4 heteroatoms. The summed E-state index contributed by atoms with van der Waals surface area (Å²) in [6.45, 7) is 0. The number of hydrogen-bond donors (Lipinski definition) is 0. The van der Waals surface area contributed by atoms with Crippen molar-refractivity contribution in [3.05, 3.63) is 71.0 Å². The fourth-order valence-electron chi connectivity index (χ4n) is 1.77. The lowest BCUT2D eigenvalue weighted by Crippen LogP contribution is -2.07. The van der Waals surface area contributed by atoms with Crippen molar-refractivity contribution in [1.82, 2.24) is 0 Å². The molecule has 0 radical (unpaired) electrons. The van der Waals surface area contributed by atoms with Crippen LogP contribution in [0.5, 0.6) is 0 Å². The molecule has 0 unspecified atom stereocenters. The minimum absolute atomic E-state index is 0.0608. The number of rotatable bonds is 3. The van der Waals surface area contributed by atoms with Gasteiger partial charge >= 0.3 is 4.83 Å². The lowest BCUT2D eigenvalue weighted by Gasteiger charge is -2.14. The Balaban J connectivity index is 2.32. The zero-order valence-corrected chi connectivity index (χ0v) is 10.9. The van der Waals surface area contributed by atoms with Crippen molar-refractivity contribution >= 4 is 15.9 Å². The van der Waals surface area contributed by atoms with Gasteiger partial charge in [0.25, 0.3) is 0 Å². The van der Waals surface area contributed by atoms with Crippen LogP contribution in [0.1, 0.15) is 16.7 Å². The van der Waals surface area contributed by atoms with E-state index in [2.05, 4.69) is 15.9 Å². The monoisotopic (exact) mass is 314 g/mol. The maximum absolute atomic E-state index is 13.3. The second kappa shape index (κ2) is 5.14. The summed E-state index contributed by atoms with van der Waals surface area (Å²) in [7, 11) is 0. The molecule has 0 spiro atoms. The van der Waals surface area contributed by atoms with E-state index in [-0.39, 0.29) is 11.4 Å². The third-order valence-electron chi connectivity index (χ3n) is 2.63. The molecule has 0 aromatic heterocycles. The Hall–Kier alpha value is -1.29. The van der Waals surface area contributed by atoms with Crippen molar-refractivity contribution in [2.24, 2.45) is 0 Å². The van der Waals surface area contributed by atoms with Gasteiger partial charge in [0.15, 0.2) is 0 Å². The maximum atomic E-state index is 13.3. The molecule has 94 valence electrons. The van der Waals surface area contributed by atoms with Gasteiger partial charge in [-0.1, -0.05) is 36.4 Å². The van der Waals surface area contributed by atoms with Crippen molar-refractivity contribution in [2.75, 3.05) is 0 Å². The highest BCUT2D eigenvalue weighted by Gasteiger charge is 2.29. The Labute approximate surface area is 112 Å². The Morgan fingerprint density at radius 3 is 2.17 bits per heavy atom. The lowest BCUT2D eigenvalue weighted by atomic mass is 10.00. The normalized spacial score (nSPS) is 11.6. The van der Waals surface area contributed by atoms with Crippen LogP contribution in [0, 0.1) is 5.82 Å². The standard InChI is InChI=1S/C14H10BrF3/c15-14(17,18)13-4-2-1-3-11(13)9-10-5-7-12(16)8-6-10/h1-8H,9H2. The summed E-state index contributed by atoms with van der Waals surface area (Å²) >= 11 is 2.37. The van der Waals surface area contributed by atoms with Gasteiger partial charge in [0.2, 0.25) is 0 Å². The smallest absolute Gasteiger partial charge is 0.207 e. The molecule has 0 saturated carbocycles. The number of halogens is 4. The summed E-state index contributed by atoms with van der Waals surface area (Å²) in [6, 6.07) is 12.1. The van der Waals surface area contributed by atoms with Crippen LogP contribution in [0.3, 0.4) is 0 Å². The average molecular weight is 315 g/mol. The van der Waals surface area contributed by atoms with E-state index in [0.29, 0.717) is 12.0 Å². The molecular formula is C14H10BrF3. The lowest BCUT2D eigenvalue weighted by molar-refractivity contribution is 0.113. The van der Waals surface area contributed by atoms with Crippen LogP contribution in [0.15, 0.2) is 48.5 Å². The summed E-state index contributed by atoms with van der Waals surface area (Å²) in [5, 5.41) is 0. The largest absolute Gasteiger partial charge is 0.326 e. The molecule has 0 saturated heterocycles. The van der Waals surface area contributed by atoms with Gasteiger partial charge in [-0.15, -0.1) is 0 Å². The first-order chi connectivity index (χ1) is 8.47. The van der Waals surface area contributed by atoms with Crippen molar-refractivity contribution < 1.29 is 13.2 Å². The number of alkyl halides is 3. The Morgan fingerprint density at radius 2 is 1.56 bits per heavy atom. The van der Waals surface area contributed by atoms with Crippen LogP contribution < -0.4 is 0 Å². The molecule has 0 heterocycles. The molecule has 2 rings (SSSR count). The van der Waals surface area contributed by atoms with Crippen LogP contribution in [0.4, 0.5) is 13.2 Å². The average Bonchev–Trinajstić information content (AvgIpc) is 2.31. The topological polar surface area (TPSA) is 0 Å². The first kappa shape index (κ1) is 13.1. The Morgan fingerprint density at radius 1 is 0.944 bits per heavy atom. The van der Waals surface area contributed by atoms with Gasteiger partial charge in [0.05, 0.1) is 0 Å². The van der Waals surface area contributed by atoms with Gasteiger partial charge in [-0.3, -0.25) is 0 Å². The van der Waals surface area contributed by atoms with Crippen LogP contribution in [0.25, 0.3) is 0 Å². The van der Waals surface area contributed by atoms with Crippen LogP contribution in [0.2, 0.25) is 0 Å². The highest BCUT2D eigenvalue weighted by atomic mass is 79.9. The van der Waals surface area contributed by atoms with Gasteiger partial charge in [0, 0.05) is 5.56 Å². The van der Waals surface area contributed by atoms with E-state index in [1.165, 1.54) is 18.2 Å². The summed E-state index contributed by atoms with van der Waals surface area (Å²) in [4.78, 5) is -3.05. The van der Waals surface area contributed by atoms with E-state index in [1.54, 1.807) is 30.3 Å². The minimum Gasteiger partial charge on any atom is -0.207 e. The molecule has 0 aliphatic carbocycles. The molecule has 0 bridgehead atoms. The molecule has 2 aromatic carbocycles. The molecule has 0 nitrogen and oxygen atoms in total. The first-order valence-corrected chi connectivity index (χ1v) is 6.15. The molecule has 0 atom stereocenters. The van der Waals surface area contributed by atoms with Crippen molar-refractivity contribution in [3.63, 3.8) is 0 Å². The van der Waals surface area contributed by atoms with Crippen molar-refractivity contribution in [2.45, 2.75) is 11.3 Å². The van der Waals surface area contributed by atoms with Gasteiger partial charge in [-0.2, -0.15) is 8.78 Å². The fourth-order valence-corrected chi connectivity index (χ4v) is 2.16. The van der Waals surface area contributed by atoms with Crippen molar-refractivity contribution in [1.29, 1.82) is 0 Å². The summed E-state index contributed by atoms with van der Waals surface area (Å²) < 4.78 is 39.4. The second-order valence-corrected chi connectivity index (χ2v) is 4.95. The van der Waals surface area contributed by atoms with Crippen LogP contribution in [-0.2, 0) is 11.3 Å². The SMILES string of the molecule is Fc1ccc(Cc2ccccc2C(F)(F)Br)cc1. The molecule has 0 amide bonds. The predicted octanol–water partition coefficient (Wildman–Crippen LogP) is 4.86. The minimum atomic E-state index is -3.05. The molecular weight excluding hydrogens is 305 g/mol. The maximum Gasteiger partial charge on any atom is 0.326 e. The van der Waals surface area contributed by atoms with Gasteiger partial charge in [-0.25, -0.2) is 4.39 Å². The molecule has 2 aromatic rings. The first-order valence-electron chi connectivity index (χ1n) is 5.36. The van der Waals surface area contributed by atoms with E-state index < -0.39 is 4.83 Å². The molecule has 0 fully saturated rings. The van der Waals surface area contributed by atoms with E-state index in [0.717, 1.165) is 5.56 Å². The predicted molar refractivity (Wildman–Crippen MR) is 68.5 cm³/mol. The van der Waals surface area contributed by atoms with E-state index in [9.17, 15) is 13.2 Å². The summed E-state index contributed by atoms with van der Waals surface area (Å²) in [6.07, 6.45) is 0.345. The van der Waals surface area contributed by atoms with Crippen molar-refractivity contribution in [3.8, 4) is 0 Å². The zero-order valence-electron chi connectivity index (χ0n) is 9.34. The van der Waals surface area contributed by atoms with Gasteiger partial charge < -0.3 is 0 Å². The van der Waals surface area contributed by atoms with Gasteiger partial charge in [-0.05, 0) is 45.6 Å². The molecule has 0 aliphatic heterocycles. The third kappa shape index (κ3) is 3.13. The number of benzene rings is 2. The van der Waals surface area contributed by atoms with E-state index in [4.69, 9.17) is 0 Å². The summed E-state index contributed by atoms with van der Waals surface area (Å²) in [5.74, 6) is -0.335. The summed E-state index contributed by atoms with van der Waals surface area (Å²) in [5.41, 5.74) is 1.25. The molecule has 18 heavy (non-hydrogen) atoms. The van der Waals surface area contributed by atoms with E-state index in [1.807, 2.05) is 0 Å². The Kier molecular flexibility index (Phi) is 3.76.